The van der Waals surface area contributed by atoms with Crippen LogP contribution in [-0.2, 0) is 58.5 Å². The van der Waals surface area contributed by atoms with Gasteiger partial charge in [-0.2, -0.15) is 0 Å². The molecule has 0 aliphatic heterocycles. The fourth-order valence-corrected chi connectivity index (χ4v) is 0. The van der Waals surface area contributed by atoms with Crippen LogP contribution < -0.4 is 20.4 Å². The van der Waals surface area contributed by atoms with Crippen molar-refractivity contribution in [2.75, 3.05) is 0 Å². The minimum atomic E-state index is -1.68. The number of aldehydes is 4. The third kappa shape index (κ3) is 241. The molecule has 0 fully saturated rings. The molecule has 16 heteroatoms. The van der Waals surface area contributed by atoms with Crippen LogP contribution in [-0.4, -0.2) is 65.5 Å². The van der Waals surface area contributed by atoms with Gasteiger partial charge in [0.1, 0.15) is 23.9 Å². The molecular weight excluding hydrogens is 528 g/mol. The SMILES string of the molecule is O.O.O.O=CC(=O)[O-].O=CC(=O)[O-].O=CC(=O)[O-].O=CC(=O)[O-].[Ir]. The molecule has 0 aliphatic rings. The standard InChI is InChI=1S/4C2H2O3.Ir.3H2O/c4*3-1-2(4)5;;;;/h4*1H,(H,4,5);;3*1H2/p-4. The monoisotopic (exact) mass is 539 g/mol. The van der Waals surface area contributed by atoms with Crippen LogP contribution in [0.15, 0.2) is 0 Å². The van der Waals surface area contributed by atoms with Crippen molar-refractivity contribution in [1.82, 2.24) is 0 Å². The molecule has 0 aliphatic carbocycles. The Kier molecular flexibility index (Phi) is 88.4. The van der Waals surface area contributed by atoms with E-state index in [9.17, 15) is 0 Å². The maximum Gasteiger partial charge on any atom is 0.165 e. The Labute approximate surface area is 145 Å². The summed E-state index contributed by atoms with van der Waals surface area (Å²) in [6, 6.07) is 0. The van der Waals surface area contributed by atoms with Crippen LogP contribution in [0.3, 0.4) is 0 Å². The molecule has 24 heavy (non-hydrogen) atoms. The van der Waals surface area contributed by atoms with Crippen LogP contribution in [0.2, 0.25) is 0 Å². The summed E-state index contributed by atoms with van der Waals surface area (Å²) in [7, 11) is 0. The first-order valence-corrected chi connectivity index (χ1v) is 3.73. The van der Waals surface area contributed by atoms with Crippen LogP contribution in [0.1, 0.15) is 0 Å². The second kappa shape index (κ2) is 42.7. The van der Waals surface area contributed by atoms with Gasteiger partial charge in [0.2, 0.25) is 0 Å². The van der Waals surface area contributed by atoms with E-state index in [1.165, 1.54) is 0 Å². The Balaban J connectivity index is -0.0000000225. The van der Waals surface area contributed by atoms with E-state index in [1.807, 2.05) is 0 Å². The number of hydrogen-bond acceptors (Lipinski definition) is 12. The predicted octanol–water partition coefficient (Wildman–Crippen LogP) is -10.7. The minimum absolute atomic E-state index is 0. The summed E-state index contributed by atoms with van der Waals surface area (Å²) in [5.74, 6) is -6.70. The molecule has 0 amide bonds. The molecule has 0 unspecified atom stereocenters. The zero-order valence-corrected chi connectivity index (χ0v) is 13.4. The number of carboxylic acid groups (broad SMARTS) is 4. The van der Waals surface area contributed by atoms with E-state index in [-0.39, 0.29) is 61.7 Å². The molecule has 6 N–H and O–H groups in total. The third-order valence-corrected chi connectivity index (χ3v) is 0.385. The minimum Gasteiger partial charge on any atom is -0.542 e. The van der Waals surface area contributed by atoms with Gasteiger partial charge in [-0.1, -0.05) is 0 Å². The van der Waals surface area contributed by atoms with Crippen LogP contribution in [0.25, 0.3) is 0 Å². The Morgan fingerprint density at radius 1 is 0.458 bits per heavy atom. The van der Waals surface area contributed by atoms with E-state index in [0.29, 0.717) is 0 Å². The molecule has 0 spiro atoms. The van der Waals surface area contributed by atoms with Crippen LogP contribution in [0.4, 0.5) is 0 Å². The van der Waals surface area contributed by atoms with Crippen molar-refractivity contribution < 1.29 is 95.3 Å². The maximum absolute atomic E-state index is 8.89. The fraction of sp³-hybridized carbons (Fsp3) is 0. The molecule has 145 valence electrons. The van der Waals surface area contributed by atoms with Gasteiger partial charge >= 0.3 is 0 Å². The van der Waals surface area contributed by atoms with Crippen LogP contribution in [0.5, 0.6) is 0 Å². The summed E-state index contributed by atoms with van der Waals surface area (Å²) in [5.41, 5.74) is 0. The van der Waals surface area contributed by atoms with E-state index in [1.54, 1.807) is 0 Å². The van der Waals surface area contributed by atoms with Crippen molar-refractivity contribution >= 4 is 49.0 Å². The van der Waals surface area contributed by atoms with Gasteiger partial charge < -0.3 is 56.0 Å². The topological polar surface area (TPSA) is 323 Å². The molecule has 0 atom stereocenters. The van der Waals surface area contributed by atoms with E-state index >= 15 is 0 Å². The van der Waals surface area contributed by atoms with Crippen molar-refractivity contribution in [3.63, 3.8) is 0 Å². The number of carbonyl (C=O) groups excluding carboxylic acids is 8. The smallest absolute Gasteiger partial charge is 0.165 e. The average molecular weight is 538 g/mol. The normalized spacial score (nSPS) is 5.33. The molecule has 0 bridgehead atoms. The molecule has 0 saturated carbocycles. The molecular formula is C8H10IrO15-4. The first kappa shape index (κ1) is 49.7. The van der Waals surface area contributed by atoms with Gasteiger partial charge in [0.25, 0.3) is 0 Å². The molecule has 0 rings (SSSR count). The van der Waals surface area contributed by atoms with Crippen LogP contribution >= 0.6 is 0 Å². The van der Waals surface area contributed by atoms with Crippen LogP contribution in [0, 0.1) is 0 Å². The van der Waals surface area contributed by atoms with Gasteiger partial charge in [0, 0.05) is 20.1 Å². The van der Waals surface area contributed by atoms with E-state index in [2.05, 4.69) is 0 Å². The molecule has 0 heterocycles. The summed E-state index contributed by atoms with van der Waals surface area (Å²) in [5, 5.41) is 35.6. The van der Waals surface area contributed by atoms with Crippen molar-refractivity contribution in [2.24, 2.45) is 0 Å². The number of hydrogen-bond donors (Lipinski definition) is 0. The maximum atomic E-state index is 8.89. The summed E-state index contributed by atoms with van der Waals surface area (Å²) >= 11 is 0. The molecule has 15 nitrogen and oxygen atoms in total. The van der Waals surface area contributed by atoms with Gasteiger partial charge in [-0.15, -0.1) is 0 Å². The number of carboxylic acids is 4. The molecule has 0 saturated heterocycles. The summed E-state index contributed by atoms with van der Waals surface area (Å²) in [4.78, 5) is 70.9. The second-order valence-electron chi connectivity index (χ2n) is 1.75. The molecule has 0 aromatic rings. The number of carbonyl (C=O) groups is 8. The first-order chi connectivity index (χ1) is 9.08. The van der Waals surface area contributed by atoms with Gasteiger partial charge in [-0.3, -0.25) is 19.2 Å². The molecule has 1 radical (unpaired) electrons. The number of rotatable bonds is 4. The summed E-state index contributed by atoms with van der Waals surface area (Å²) in [6.07, 6.45) is -1.11. The predicted molar refractivity (Wildman–Crippen MR) is 55.1 cm³/mol. The summed E-state index contributed by atoms with van der Waals surface area (Å²) in [6.45, 7) is 0. The Morgan fingerprint density at radius 2 is 0.500 bits per heavy atom. The Hall–Kier alpha value is -2.91. The van der Waals surface area contributed by atoms with E-state index in [0.717, 1.165) is 0 Å². The quantitative estimate of drug-likeness (QED) is 0.238. The van der Waals surface area contributed by atoms with Crippen molar-refractivity contribution in [2.45, 2.75) is 0 Å². The van der Waals surface area contributed by atoms with Gasteiger partial charge in [0.05, 0.1) is 0 Å². The zero-order chi connectivity index (χ0) is 17.1. The Bertz CT molecular complexity index is 304. The van der Waals surface area contributed by atoms with Crippen molar-refractivity contribution in [3.8, 4) is 0 Å². The van der Waals surface area contributed by atoms with Gasteiger partial charge in [-0.25, -0.2) is 0 Å². The fourth-order valence-electron chi connectivity index (χ4n) is 0. The zero-order valence-electron chi connectivity index (χ0n) is 11.0. The van der Waals surface area contributed by atoms with E-state index in [4.69, 9.17) is 58.8 Å². The van der Waals surface area contributed by atoms with Crippen molar-refractivity contribution in [3.05, 3.63) is 0 Å². The number of aliphatic carboxylic acids is 4. The average Bonchev–Trinajstić information content (AvgIpc) is 2.40. The van der Waals surface area contributed by atoms with Gasteiger partial charge in [0.15, 0.2) is 25.1 Å². The van der Waals surface area contributed by atoms with E-state index < -0.39 is 23.9 Å². The Morgan fingerprint density at radius 3 is 0.500 bits per heavy atom. The summed E-state index contributed by atoms with van der Waals surface area (Å²) < 4.78 is 0. The molecule has 0 aromatic heterocycles. The van der Waals surface area contributed by atoms with Gasteiger partial charge in [-0.05, 0) is 0 Å². The second-order valence-corrected chi connectivity index (χ2v) is 1.75. The molecule has 0 aromatic carbocycles. The first-order valence-electron chi connectivity index (χ1n) is 3.73. The third-order valence-electron chi connectivity index (χ3n) is 0.385. The largest absolute Gasteiger partial charge is 0.542 e. The van der Waals surface area contributed by atoms with Crippen molar-refractivity contribution in [1.29, 1.82) is 0 Å².